The number of aryl methyl sites for hydroxylation is 1. The highest BCUT2D eigenvalue weighted by Gasteiger charge is 2.53. The highest BCUT2D eigenvalue weighted by atomic mass is 32.2. The summed E-state index contributed by atoms with van der Waals surface area (Å²) in [5, 5.41) is 0. The van der Waals surface area contributed by atoms with Crippen molar-refractivity contribution in [3.05, 3.63) is 29.8 Å². The van der Waals surface area contributed by atoms with Crippen LogP contribution in [0.2, 0.25) is 0 Å². The lowest BCUT2D eigenvalue weighted by molar-refractivity contribution is -0.176. The Morgan fingerprint density at radius 3 is 2.00 bits per heavy atom. The van der Waals surface area contributed by atoms with Crippen LogP contribution in [0.15, 0.2) is 29.2 Å². The number of hydrogen-bond donors (Lipinski definition) is 0. The summed E-state index contributed by atoms with van der Waals surface area (Å²) in [6.07, 6.45) is -4.16. The van der Waals surface area contributed by atoms with Crippen LogP contribution in [0.4, 0.5) is 0 Å². The Kier molecular flexibility index (Phi) is 8.88. The Balaban J connectivity index is 2.36. The van der Waals surface area contributed by atoms with Crippen LogP contribution >= 0.6 is 11.8 Å². The molecule has 1 saturated heterocycles. The Morgan fingerprint density at radius 2 is 1.48 bits per heavy atom. The molecule has 10 heteroatoms. The third kappa shape index (κ3) is 7.55. The largest absolute Gasteiger partial charge is 0.462 e. The first-order valence-corrected chi connectivity index (χ1v) is 10.5. The van der Waals surface area contributed by atoms with Crippen LogP contribution in [0.25, 0.3) is 0 Å². The fraction of sp³-hybridized carbons (Fsp3) is 0.524. The second-order valence-electron chi connectivity index (χ2n) is 7.00. The zero-order valence-electron chi connectivity index (χ0n) is 18.0. The van der Waals surface area contributed by atoms with Crippen LogP contribution in [0.1, 0.15) is 33.3 Å². The molecule has 1 heterocycles. The molecule has 1 fully saturated rings. The monoisotopic (exact) mass is 454 g/mol. The molecular formula is C21H26O9S. The van der Waals surface area contributed by atoms with Crippen LogP contribution in [0, 0.1) is 6.92 Å². The molecule has 170 valence electrons. The van der Waals surface area contributed by atoms with Crippen molar-refractivity contribution < 1.29 is 42.9 Å². The topological polar surface area (TPSA) is 114 Å². The van der Waals surface area contributed by atoms with Gasteiger partial charge in [-0.1, -0.05) is 29.5 Å². The van der Waals surface area contributed by atoms with Gasteiger partial charge in [0.25, 0.3) is 0 Å². The predicted molar refractivity (Wildman–Crippen MR) is 109 cm³/mol. The van der Waals surface area contributed by atoms with Crippen LogP contribution in [0.5, 0.6) is 0 Å². The average Bonchev–Trinajstić information content (AvgIpc) is 2.96. The van der Waals surface area contributed by atoms with Gasteiger partial charge in [0.1, 0.15) is 18.1 Å². The van der Waals surface area contributed by atoms with Gasteiger partial charge in [0, 0.05) is 32.6 Å². The molecule has 31 heavy (non-hydrogen) atoms. The van der Waals surface area contributed by atoms with E-state index < -0.39 is 53.7 Å². The Morgan fingerprint density at radius 1 is 0.903 bits per heavy atom. The fourth-order valence-corrected chi connectivity index (χ4v) is 4.14. The summed E-state index contributed by atoms with van der Waals surface area (Å²) in [7, 11) is 0. The van der Waals surface area contributed by atoms with E-state index in [2.05, 4.69) is 0 Å². The number of hydrogen-bond acceptors (Lipinski definition) is 10. The van der Waals surface area contributed by atoms with Crippen molar-refractivity contribution in [2.24, 2.45) is 0 Å². The Labute approximate surface area is 184 Å². The Bertz CT molecular complexity index is 808. The SMILES string of the molecule is CC(=O)OC[C@@H](OC(C)=O)[C@@H]1O[C@@H](Sc2ccc(C)cc2)[C@H](OC(C)=O)[C@H]1OC(C)=O. The van der Waals surface area contributed by atoms with Gasteiger partial charge >= 0.3 is 23.9 Å². The number of benzene rings is 1. The van der Waals surface area contributed by atoms with E-state index in [-0.39, 0.29) is 6.61 Å². The maximum absolute atomic E-state index is 11.8. The normalized spacial score (nSPS) is 23.5. The molecule has 0 N–H and O–H groups in total. The molecule has 0 amide bonds. The summed E-state index contributed by atoms with van der Waals surface area (Å²) in [5.41, 5.74) is 0.302. The number of rotatable bonds is 8. The van der Waals surface area contributed by atoms with Crippen molar-refractivity contribution in [1.82, 2.24) is 0 Å². The molecule has 1 aromatic carbocycles. The third-order valence-electron chi connectivity index (χ3n) is 4.22. The van der Waals surface area contributed by atoms with Crippen molar-refractivity contribution in [1.29, 1.82) is 0 Å². The number of ether oxygens (including phenoxy) is 5. The van der Waals surface area contributed by atoms with E-state index in [1.54, 1.807) is 0 Å². The molecule has 0 aliphatic carbocycles. The lowest BCUT2D eigenvalue weighted by Crippen LogP contribution is -2.46. The highest BCUT2D eigenvalue weighted by molar-refractivity contribution is 7.99. The van der Waals surface area contributed by atoms with Crippen molar-refractivity contribution in [2.45, 2.75) is 69.4 Å². The van der Waals surface area contributed by atoms with Crippen molar-refractivity contribution >= 4 is 35.6 Å². The van der Waals surface area contributed by atoms with E-state index in [1.807, 2.05) is 31.2 Å². The van der Waals surface area contributed by atoms with Crippen molar-refractivity contribution in [3.8, 4) is 0 Å². The molecule has 1 aliphatic heterocycles. The van der Waals surface area contributed by atoms with E-state index in [0.29, 0.717) is 0 Å². The minimum Gasteiger partial charge on any atom is -0.462 e. The summed E-state index contributed by atoms with van der Waals surface area (Å²) in [4.78, 5) is 47.3. The molecule has 0 unspecified atom stereocenters. The maximum Gasteiger partial charge on any atom is 0.303 e. The predicted octanol–water partition coefficient (Wildman–Crippen LogP) is 2.17. The summed E-state index contributed by atoms with van der Waals surface area (Å²) in [5.74, 6) is -2.45. The van der Waals surface area contributed by atoms with Crippen LogP contribution < -0.4 is 0 Å². The van der Waals surface area contributed by atoms with Gasteiger partial charge in [-0.3, -0.25) is 19.2 Å². The molecule has 1 aliphatic rings. The summed E-state index contributed by atoms with van der Waals surface area (Å²) in [6, 6.07) is 7.60. The minimum atomic E-state index is -1.08. The summed E-state index contributed by atoms with van der Waals surface area (Å²) in [6.45, 7) is 6.48. The third-order valence-corrected chi connectivity index (χ3v) is 5.38. The molecule has 5 atom stereocenters. The van der Waals surface area contributed by atoms with Crippen LogP contribution in [-0.2, 0) is 42.9 Å². The molecule has 2 rings (SSSR count). The first kappa shape index (κ1) is 24.7. The zero-order chi connectivity index (χ0) is 23.1. The van der Waals surface area contributed by atoms with E-state index in [1.165, 1.54) is 39.5 Å². The zero-order valence-corrected chi connectivity index (χ0v) is 18.8. The maximum atomic E-state index is 11.8. The van der Waals surface area contributed by atoms with E-state index in [4.69, 9.17) is 23.7 Å². The summed E-state index contributed by atoms with van der Waals surface area (Å²) >= 11 is 1.27. The lowest BCUT2D eigenvalue weighted by atomic mass is 10.1. The molecule has 9 nitrogen and oxygen atoms in total. The fourth-order valence-electron chi connectivity index (χ4n) is 3.05. The number of carbonyl (C=O) groups excluding carboxylic acids is 4. The molecule has 0 spiro atoms. The standard InChI is InChI=1S/C21H26O9S/c1-11-6-8-16(9-7-11)31-21-20(29-15(5)25)19(28-14(4)24)18(30-21)17(27-13(3)23)10-26-12(2)22/h6-9,17-21H,10H2,1-5H3/t17-,18+,19+,20-,21+/m1/s1. The van der Waals surface area contributed by atoms with E-state index >= 15 is 0 Å². The van der Waals surface area contributed by atoms with Gasteiger partial charge in [-0.15, -0.1) is 0 Å². The molecule has 0 aromatic heterocycles. The first-order valence-electron chi connectivity index (χ1n) is 9.60. The van der Waals surface area contributed by atoms with E-state index in [9.17, 15) is 19.2 Å². The van der Waals surface area contributed by atoms with Crippen LogP contribution in [-0.4, -0.2) is 60.3 Å². The van der Waals surface area contributed by atoms with Gasteiger partial charge in [0.2, 0.25) is 0 Å². The first-order chi connectivity index (χ1) is 14.6. The van der Waals surface area contributed by atoms with Crippen LogP contribution in [0.3, 0.4) is 0 Å². The van der Waals surface area contributed by atoms with Gasteiger partial charge in [-0.05, 0) is 19.1 Å². The summed E-state index contributed by atoms with van der Waals surface area (Å²) < 4.78 is 27.2. The molecule has 1 aromatic rings. The molecule has 0 bridgehead atoms. The number of thioether (sulfide) groups is 1. The lowest BCUT2D eigenvalue weighted by Gasteiger charge is -2.27. The Hall–Kier alpha value is -2.59. The highest BCUT2D eigenvalue weighted by Crippen LogP contribution is 2.39. The average molecular weight is 454 g/mol. The second-order valence-corrected chi connectivity index (χ2v) is 8.17. The number of carbonyl (C=O) groups is 4. The molecular weight excluding hydrogens is 428 g/mol. The smallest absolute Gasteiger partial charge is 0.303 e. The quantitative estimate of drug-likeness (QED) is 0.427. The second kappa shape index (κ2) is 11.1. The molecule has 0 saturated carbocycles. The van der Waals surface area contributed by atoms with Crippen molar-refractivity contribution in [3.63, 3.8) is 0 Å². The number of esters is 4. The van der Waals surface area contributed by atoms with Gasteiger partial charge < -0.3 is 23.7 Å². The van der Waals surface area contributed by atoms with Gasteiger partial charge in [0.05, 0.1) is 0 Å². The van der Waals surface area contributed by atoms with Gasteiger partial charge in [-0.2, -0.15) is 0 Å². The van der Waals surface area contributed by atoms with Crippen molar-refractivity contribution in [2.75, 3.05) is 6.61 Å². The minimum absolute atomic E-state index is 0.313. The van der Waals surface area contributed by atoms with E-state index in [0.717, 1.165) is 10.5 Å². The van der Waals surface area contributed by atoms with Gasteiger partial charge in [-0.25, -0.2) is 0 Å². The molecule has 0 radical (unpaired) electrons. The van der Waals surface area contributed by atoms with Gasteiger partial charge in [0.15, 0.2) is 18.3 Å².